The first-order chi connectivity index (χ1) is 7.50. The third-order valence-corrected chi connectivity index (χ3v) is 3.21. The number of hydrogen-bond donors (Lipinski definition) is 2. The first-order valence-corrected chi connectivity index (χ1v) is 5.88. The van der Waals surface area contributed by atoms with Crippen LogP contribution in [-0.2, 0) is 9.59 Å². The normalized spacial score (nSPS) is 9.69. The van der Waals surface area contributed by atoms with Gasteiger partial charge in [0, 0.05) is 16.2 Å². The minimum absolute atomic E-state index is 0.000245. The van der Waals surface area contributed by atoms with E-state index in [1.165, 1.54) is 6.92 Å². The van der Waals surface area contributed by atoms with Crippen molar-refractivity contribution in [1.29, 1.82) is 0 Å². The number of nitrogens with one attached hydrogen (secondary N) is 2. The van der Waals surface area contributed by atoms with Crippen molar-refractivity contribution < 1.29 is 9.59 Å². The Labute approximate surface area is 108 Å². The van der Waals surface area contributed by atoms with E-state index in [-0.39, 0.29) is 18.4 Å². The Morgan fingerprint density at radius 3 is 2.69 bits per heavy atom. The van der Waals surface area contributed by atoms with Crippen LogP contribution in [0.5, 0.6) is 0 Å². The molecule has 0 bridgehead atoms. The molecule has 0 atom stereocenters. The van der Waals surface area contributed by atoms with Crippen molar-refractivity contribution in [3.8, 4) is 0 Å². The van der Waals surface area contributed by atoms with Crippen molar-refractivity contribution in [2.24, 2.45) is 0 Å². The molecule has 1 aromatic carbocycles. The van der Waals surface area contributed by atoms with Crippen molar-refractivity contribution in [1.82, 2.24) is 5.32 Å². The highest BCUT2D eigenvalue weighted by molar-refractivity contribution is 14.1. The highest BCUT2D eigenvalue weighted by atomic mass is 127. The monoisotopic (exact) mass is 332 g/mol. The fourth-order valence-electron chi connectivity index (χ4n) is 1.14. The lowest BCUT2D eigenvalue weighted by atomic mass is 10.2. The molecule has 0 aliphatic carbocycles. The summed E-state index contributed by atoms with van der Waals surface area (Å²) in [6.45, 7) is 3.32. The molecule has 2 N–H and O–H groups in total. The minimum Gasteiger partial charge on any atom is -0.347 e. The van der Waals surface area contributed by atoms with Crippen LogP contribution in [0.1, 0.15) is 12.5 Å². The topological polar surface area (TPSA) is 58.2 Å². The van der Waals surface area contributed by atoms with Gasteiger partial charge in [-0.15, -0.1) is 0 Å². The lowest BCUT2D eigenvalue weighted by Gasteiger charge is -2.09. The zero-order valence-corrected chi connectivity index (χ0v) is 11.3. The molecular formula is C11H13IN2O2. The van der Waals surface area contributed by atoms with Crippen LogP contribution in [0.25, 0.3) is 0 Å². The molecule has 0 spiro atoms. The largest absolute Gasteiger partial charge is 0.347 e. The number of carbonyl (C=O) groups is 2. The van der Waals surface area contributed by atoms with Gasteiger partial charge in [-0.2, -0.15) is 0 Å². The van der Waals surface area contributed by atoms with E-state index in [0.717, 1.165) is 14.8 Å². The van der Waals surface area contributed by atoms with E-state index in [0.29, 0.717) is 0 Å². The first kappa shape index (κ1) is 13.0. The zero-order chi connectivity index (χ0) is 12.1. The smallest absolute Gasteiger partial charge is 0.243 e. The Balaban J connectivity index is 2.63. The molecular weight excluding hydrogens is 319 g/mol. The average Bonchev–Trinajstić information content (AvgIpc) is 2.22. The maximum atomic E-state index is 11.5. The Kier molecular flexibility index (Phi) is 4.72. The molecule has 2 amide bonds. The summed E-state index contributed by atoms with van der Waals surface area (Å²) < 4.78 is 1.09. The van der Waals surface area contributed by atoms with E-state index in [4.69, 9.17) is 0 Å². The van der Waals surface area contributed by atoms with Crippen molar-refractivity contribution in [2.75, 3.05) is 11.9 Å². The van der Waals surface area contributed by atoms with Gasteiger partial charge in [-0.05, 0) is 47.2 Å². The van der Waals surface area contributed by atoms with Crippen molar-refractivity contribution >= 4 is 40.1 Å². The maximum Gasteiger partial charge on any atom is 0.243 e. The number of rotatable bonds is 3. The molecule has 0 unspecified atom stereocenters. The zero-order valence-electron chi connectivity index (χ0n) is 9.13. The van der Waals surface area contributed by atoms with Crippen LogP contribution in [0.15, 0.2) is 18.2 Å². The number of carbonyl (C=O) groups excluding carboxylic acids is 2. The highest BCUT2D eigenvalue weighted by Gasteiger charge is 2.06. The second-order valence-corrected chi connectivity index (χ2v) is 4.53. The molecule has 16 heavy (non-hydrogen) atoms. The van der Waals surface area contributed by atoms with Crippen LogP contribution in [0.3, 0.4) is 0 Å². The van der Waals surface area contributed by atoms with Crippen LogP contribution in [0, 0.1) is 10.5 Å². The van der Waals surface area contributed by atoms with E-state index in [9.17, 15) is 9.59 Å². The van der Waals surface area contributed by atoms with E-state index in [1.54, 1.807) is 0 Å². The lowest BCUT2D eigenvalue weighted by molar-refractivity contribution is -0.122. The van der Waals surface area contributed by atoms with Gasteiger partial charge < -0.3 is 10.6 Å². The van der Waals surface area contributed by atoms with Crippen LogP contribution in [-0.4, -0.2) is 18.4 Å². The second-order valence-electron chi connectivity index (χ2n) is 3.37. The number of benzene rings is 1. The number of anilines is 1. The highest BCUT2D eigenvalue weighted by Crippen LogP contribution is 2.19. The first-order valence-electron chi connectivity index (χ1n) is 4.80. The SMILES string of the molecule is CC(=O)NCC(=O)Nc1cccc(I)c1C. The summed E-state index contributed by atoms with van der Waals surface area (Å²) in [4.78, 5) is 22.1. The summed E-state index contributed by atoms with van der Waals surface area (Å²) in [5.41, 5.74) is 1.81. The summed E-state index contributed by atoms with van der Waals surface area (Å²) in [6.07, 6.45) is 0. The Bertz CT molecular complexity index is 418. The molecule has 4 nitrogen and oxygen atoms in total. The van der Waals surface area contributed by atoms with Gasteiger partial charge in [0.25, 0.3) is 0 Å². The molecule has 1 aromatic rings. The van der Waals surface area contributed by atoms with Crippen LogP contribution < -0.4 is 10.6 Å². The quantitative estimate of drug-likeness (QED) is 0.828. The second kappa shape index (κ2) is 5.83. The summed E-state index contributed by atoms with van der Waals surface area (Å²) in [5, 5.41) is 5.19. The van der Waals surface area contributed by atoms with Crippen LogP contribution >= 0.6 is 22.6 Å². The fourth-order valence-corrected chi connectivity index (χ4v) is 1.64. The van der Waals surface area contributed by atoms with E-state index in [1.807, 2.05) is 25.1 Å². The van der Waals surface area contributed by atoms with Gasteiger partial charge in [-0.3, -0.25) is 9.59 Å². The van der Waals surface area contributed by atoms with Crippen molar-refractivity contribution in [3.63, 3.8) is 0 Å². The van der Waals surface area contributed by atoms with Gasteiger partial charge in [0.1, 0.15) is 0 Å². The van der Waals surface area contributed by atoms with Gasteiger partial charge >= 0.3 is 0 Å². The summed E-state index contributed by atoms with van der Waals surface area (Å²) in [7, 11) is 0. The van der Waals surface area contributed by atoms with Crippen molar-refractivity contribution in [2.45, 2.75) is 13.8 Å². The molecule has 0 aliphatic rings. The Hall–Kier alpha value is -1.11. The molecule has 0 saturated carbocycles. The number of amides is 2. The predicted octanol–water partition coefficient (Wildman–Crippen LogP) is 1.67. The van der Waals surface area contributed by atoms with Crippen molar-refractivity contribution in [3.05, 3.63) is 27.3 Å². The standard InChI is InChI=1S/C11H13IN2O2/c1-7-9(12)4-3-5-10(7)14-11(16)6-13-8(2)15/h3-5H,6H2,1-2H3,(H,13,15)(H,14,16). The van der Waals surface area contributed by atoms with Gasteiger partial charge in [0.2, 0.25) is 11.8 Å². The van der Waals surface area contributed by atoms with Gasteiger partial charge in [0.15, 0.2) is 0 Å². The van der Waals surface area contributed by atoms with E-state index in [2.05, 4.69) is 33.2 Å². The molecule has 5 heteroatoms. The van der Waals surface area contributed by atoms with Crippen LogP contribution in [0.2, 0.25) is 0 Å². The molecule has 0 fully saturated rings. The van der Waals surface area contributed by atoms with E-state index >= 15 is 0 Å². The lowest BCUT2D eigenvalue weighted by Crippen LogP contribution is -2.31. The Morgan fingerprint density at radius 2 is 2.06 bits per heavy atom. The third-order valence-electron chi connectivity index (χ3n) is 2.04. The van der Waals surface area contributed by atoms with Gasteiger partial charge in [-0.1, -0.05) is 6.07 Å². The summed E-state index contributed by atoms with van der Waals surface area (Å²) in [5.74, 6) is -0.435. The molecule has 0 radical (unpaired) electrons. The molecule has 1 rings (SSSR count). The van der Waals surface area contributed by atoms with Gasteiger partial charge in [0.05, 0.1) is 6.54 Å². The molecule has 0 saturated heterocycles. The summed E-state index contributed by atoms with van der Waals surface area (Å²) >= 11 is 2.21. The van der Waals surface area contributed by atoms with Crippen LogP contribution in [0.4, 0.5) is 5.69 Å². The van der Waals surface area contributed by atoms with E-state index < -0.39 is 0 Å². The molecule has 0 aromatic heterocycles. The summed E-state index contributed by atoms with van der Waals surface area (Å²) in [6, 6.07) is 5.69. The predicted molar refractivity (Wildman–Crippen MR) is 71.2 cm³/mol. The Morgan fingerprint density at radius 1 is 1.38 bits per heavy atom. The minimum atomic E-state index is -0.222. The molecule has 0 heterocycles. The fraction of sp³-hybridized carbons (Fsp3) is 0.273. The van der Waals surface area contributed by atoms with Gasteiger partial charge in [-0.25, -0.2) is 0 Å². The molecule has 86 valence electrons. The average molecular weight is 332 g/mol. The molecule has 0 aliphatic heterocycles. The number of hydrogen-bond acceptors (Lipinski definition) is 2. The third kappa shape index (κ3) is 3.80. The maximum absolute atomic E-state index is 11.5. The number of halogens is 1.